The van der Waals surface area contributed by atoms with Crippen molar-refractivity contribution in [2.24, 2.45) is 0 Å². The third-order valence-electron chi connectivity index (χ3n) is 2.78. The number of aryl methyl sites for hydroxylation is 2. The average Bonchev–Trinajstić information content (AvgIpc) is 2.43. The molecule has 0 aromatic carbocycles. The Morgan fingerprint density at radius 1 is 1.24 bits per heavy atom. The van der Waals surface area contributed by atoms with Crippen molar-refractivity contribution in [2.45, 2.75) is 33.1 Å². The minimum absolute atomic E-state index is 0.119. The van der Waals surface area contributed by atoms with Gasteiger partial charge in [-0.05, 0) is 12.8 Å². The summed E-state index contributed by atoms with van der Waals surface area (Å²) < 4.78 is 27.0. The fourth-order valence-electron chi connectivity index (χ4n) is 1.55. The highest BCUT2D eigenvalue weighted by Gasteiger charge is 2.20. The summed E-state index contributed by atoms with van der Waals surface area (Å²) in [6.07, 6.45) is 0.989. The van der Waals surface area contributed by atoms with Crippen molar-refractivity contribution in [1.29, 1.82) is 0 Å². The van der Waals surface area contributed by atoms with Crippen molar-refractivity contribution in [1.82, 2.24) is 19.5 Å². The highest BCUT2D eigenvalue weighted by atomic mass is 32.2. The minimum Gasteiger partial charge on any atom is -0.481 e. The van der Waals surface area contributed by atoms with Crippen LogP contribution in [0.1, 0.15) is 31.7 Å². The van der Waals surface area contributed by atoms with Crippen LogP contribution in [0.2, 0.25) is 0 Å². The maximum Gasteiger partial charge on any atom is 0.304 e. The highest BCUT2D eigenvalue weighted by molar-refractivity contribution is 7.90. The third kappa shape index (κ3) is 4.90. The number of nitrogens with one attached hydrogen (secondary N) is 1. The van der Waals surface area contributed by atoms with E-state index in [2.05, 4.69) is 19.9 Å². The number of nitrogens with zero attached hydrogens (tertiary/aromatic N) is 4. The van der Waals surface area contributed by atoms with Crippen LogP contribution in [0.4, 0.5) is 5.95 Å². The molecule has 10 heteroatoms. The molecule has 0 saturated heterocycles. The van der Waals surface area contributed by atoms with E-state index in [-0.39, 0.29) is 18.9 Å². The van der Waals surface area contributed by atoms with Gasteiger partial charge in [0.15, 0.2) is 0 Å². The van der Waals surface area contributed by atoms with Crippen molar-refractivity contribution in [3.8, 4) is 0 Å². The van der Waals surface area contributed by atoms with Crippen LogP contribution in [0.15, 0.2) is 0 Å². The smallest absolute Gasteiger partial charge is 0.304 e. The molecule has 2 N–H and O–H groups in total. The van der Waals surface area contributed by atoms with Gasteiger partial charge in [0.2, 0.25) is 0 Å². The number of hydrogen-bond acceptors (Lipinski definition) is 6. The lowest BCUT2D eigenvalue weighted by Gasteiger charge is -2.16. The van der Waals surface area contributed by atoms with Crippen LogP contribution in [0, 0.1) is 0 Å². The zero-order valence-electron chi connectivity index (χ0n) is 12.2. The molecule has 118 valence electrons. The normalized spacial score (nSPS) is 11.6. The fraction of sp³-hybridized carbons (Fsp3) is 0.636. The zero-order chi connectivity index (χ0) is 16.0. The van der Waals surface area contributed by atoms with Gasteiger partial charge >= 0.3 is 16.2 Å². The first-order chi connectivity index (χ1) is 9.80. The van der Waals surface area contributed by atoms with E-state index in [1.54, 1.807) is 0 Å². The molecule has 0 spiro atoms. The average molecular weight is 317 g/mol. The summed E-state index contributed by atoms with van der Waals surface area (Å²) in [5.74, 6) is -1.19. The summed E-state index contributed by atoms with van der Waals surface area (Å²) in [6.45, 7) is 3.65. The first kappa shape index (κ1) is 17.2. The van der Waals surface area contributed by atoms with Gasteiger partial charge in [-0.15, -0.1) is 10.2 Å². The molecular weight excluding hydrogens is 298 g/mol. The Labute approximate surface area is 123 Å². The molecule has 0 unspecified atom stereocenters. The number of aromatic nitrogens is 3. The molecule has 0 radical (unpaired) electrons. The Bertz CT molecular complexity index is 605. The quantitative estimate of drug-likeness (QED) is 0.694. The molecular formula is C11H19N5O4S. The van der Waals surface area contributed by atoms with E-state index in [1.807, 2.05) is 13.8 Å². The second-order valence-corrected chi connectivity index (χ2v) is 6.09. The van der Waals surface area contributed by atoms with E-state index in [0.29, 0.717) is 18.5 Å². The SMILES string of the molecule is CCc1nnc(NS(=O)(=O)N(C)CCC(=O)O)nc1CC. The summed E-state index contributed by atoms with van der Waals surface area (Å²) in [5, 5.41) is 16.2. The molecule has 0 aliphatic heterocycles. The summed E-state index contributed by atoms with van der Waals surface area (Å²) in [7, 11) is -2.62. The maximum absolute atomic E-state index is 12.0. The maximum atomic E-state index is 12.0. The Kier molecular flexibility index (Phi) is 5.97. The van der Waals surface area contributed by atoms with Crippen molar-refractivity contribution < 1.29 is 18.3 Å². The molecule has 0 aliphatic carbocycles. The Balaban J connectivity index is 2.86. The van der Waals surface area contributed by atoms with Gasteiger partial charge in [-0.3, -0.25) is 4.79 Å². The van der Waals surface area contributed by atoms with E-state index in [9.17, 15) is 13.2 Å². The molecule has 1 heterocycles. The standard InChI is InChI=1S/C11H19N5O4S/c1-4-8-9(5-2)13-14-11(12-8)15-21(19,20)16(3)7-6-10(17)18/h4-7H2,1-3H3,(H,17,18)(H,12,14,15). The van der Waals surface area contributed by atoms with Gasteiger partial charge in [0.1, 0.15) is 0 Å². The van der Waals surface area contributed by atoms with E-state index in [0.717, 1.165) is 10.00 Å². The Morgan fingerprint density at radius 2 is 1.86 bits per heavy atom. The van der Waals surface area contributed by atoms with E-state index in [1.165, 1.54) is 7.05 Å². The lowest BCUT2D eigenvalue weighted by atomic mass is 10.2. The van der Waals surface area contributed by atoms with E-state index in [4.69, 9.17) is 5.11 Å². The van der Waals surface area contributed by atoms with E-state index < -0.39 is 16.2 Å². The summed E-state index contributed by atoms with van der Waals surface area (Å²) in [6, 6.07) is 0. The van der Waals surface area contributed by atoms with Crippen molar-refractivity contribution >= 4 is 22.1 Å². The number of hydrogen-bond donors (Lipinski definition) is 2. The van der Waals surface area contributed by atoms with E-state index >= 15 is 0 Å². The zero-order valence-corrected chi connectivity index (χ0v) is 13.0. The third-order valence-corrected chi connectivity index (χ3v) is 4.22. The largest absolute Gasteiger partial charge is 0.481 e. The Hall–Kier alpha value is -1.81. The molecule has 9 nitrogen and oxygen atoms in total. The lowest BCUT2D eigenvalue weighted by molar-refractivity contribution is -0.137. The van der Waals surface area contributed by atoms with Gasteiger partial charge < -0.3 is 5.11 Å². The fourth-order valence-corrected chi connectivity index (χ4v) is 2.35. The van der Waals surface area contributed by atoms with Crippen molar-refractivity contribution in [3.63, 3.8) is 0 Å². The van der Waals surface area contributed by atoms with Gasteiger partial charge in [-0.25, -0.2) is 9.71 Å². The predicted molar refractivity (Wildman–Crippen MR) is 76.0 cm³/mol. The van der Waals surface area contributed by atoms with Gasteiger partial charge in [-0.2, -0.15) is 12.7 Å². The van der Waals surface area contributed by atoms with Crippen LogP contribution in [-0.4, -0.2) is 52.6 Å². The number of rotatable bonds is 8. The van der Waals surface area contributed by atoms with Crippen LogP contribution in [0.5, 0.6) is 0 Å². The Morgan fingerprint density at radius 3 is 2.38 bits per heavy atom. The molecule has 0 bridgehead atoms. The first-order valence-electron chi connectivity index (χ1n) is 6.48. The van der Waals surface area contributed by atoms with Gasteiger partial charge in [0.25, 0.3) is 5.95 Å². The molecule has 0 amide bonds. The number of carboxylic acid groups (broad SMARTS) is 1. The molecule has 0 atom stereocenters. The predicted octanol–water partition coefficient (Wildman–Crippen LogP) is 0.0596. The number of anilines is 1. The number of aliphatic carboxylic acids is 1. The van der Waals surface area contributed by atoms with Crippen LogP contribution in [0.3, 0.4) is 0 Å². The summed E-state index contributed by atoms with van der Waals surface area (Å²) in [4.78, 5) is 14.6. The van der Waals surface area contributed by atoms with Gasteiger partial charge in [0.05, 0.1) is 17.8 Å². The molecule has 0 fully saturated rings. The molecule has 1 aromatic rings. The molecule has 1 aromatic heterocycles. The van der Waals surface area contributed by atoms with Crippen molar-refractivity contribution in [2.75, 3.05) is 18.3 Å². The second-order valence-electron chi connectivity index (χ2n) is 4.31. The first-order valence-corrected chi connectivity index (χ1v) is 7.92. The minimum atomic E-state index is -3.90. The number of carboxylic acids is 1. The lowest BCUT2D eigenvalue weighted by Crippen LogP contribution is -2.34. The topological polar surface area (TPSA) is 125 Å². The number of carbonyl (C=O) groups is 1. The summed E-state index contributed by atoms with van der Waals surface area (Å²) in [5.41, 5.74) is 1.40. The second kappa shape index (κ2) is 7.27. The van der Waals surface area contributed by atoms with Crippen LogP contribution in [-0.2, 0) is 27.8 Å². The molecule has 0 aliphatic rings. The van der Waals surface area contributed by atoms with Crippen LogP contribution < -0.4 is 4.72 Å². The molecule has 1 rings (SSSR count). The van der Waals surface area contributed by atoms with Gasteiger partial charge in [0, 0.05) is 13.6 Å². The van der Waals surface area contributed by atoms with Crippen molar-refractivity contribution in [3.05, 3.63) is 11.4 Å². The van der Waals surface area contributed by atoms with Crippen LogP contribution >= 0.6 is 0 Å². The monoisotopic (exact) mass is 317 g/mol. The van der Waals surface area contributed by atoms with Crippen LogP contribution in [0.25, 0.3) is 0 Å². The highest BCUT2D eigenvalue weighted by Crippen LogP contribution is 2.09. The summed E-state index contributed by atoms with van der Waals surface area (Å²) >= 11 is 0. The molecule has 0 saturated carbocycles. The van der Waals surface area contributed by atoms with Gasteiger partial charge in [-0.1, -0.05) is 13.8 Å². The molecule has 21 heavy (non-hydrogen) atoms.